The highest BCUT2D eigenvalue weighted by molar-refractivity contribution is 6.32. The van der Waals surface area contributed by atoms with Gasteiger partial charge in [0.05, 0.1) is 9.95 Å². The molecule has 7 nitrogen and oxygen atoms in total. The summed E-state index contributed by atoms with van der Waals surface area (Å²) in [6, 6.07) is 3.98. The lowest BCUT2D eigenvalue weighted by molar-refractivity contribution is -0.384. The Morgan fingerprint density at radius 3 is 2.95 bits per heavy atom. The molecule has 2 rings (SSSR count). The first kappa shape index (κ1) is 14.3. The van der Waals surface area contributed by atoms with Gasteiger partial charge >= 0.3 is 0 Å². The third kappa shape index (κ3) is 3.45. The highest BCUT2D eigenvalue weighted by atomic mass is 35.5. The summed E-state index contributed by atoms with van der Waals surface area (Å²) in [6.45, 7) is 2.08. The van der Waals surface area contributed by atoms with Gasteiger partial charge in [0.2, 0.25) is 0 Å². The van der Waals surface area contributed by atoms with Crippen LogP contribution >= 0.6 is 11.6 Å². The predicted molar refractivity (Wildman–Crippen MR) is 70.7 cm³/mol. The zero-order valence-electron chi connectivity index (χ0n) is 10.7. The zero-order chi connectivity index (χ0) is 14.5. The molecule has 0 saturated heterocycles. The van der Waals surface area contributed by atoms with Crippen molar-refractivity contribution in [2.75, 3.05) is 0 Å². The summed E-state index contributed by atoms with van der Waals surface area (Å²) in [6.07, 6.45) is 1.66. The van der Waals surface area contributed by atoms with Crippen LogP contribution in [0.2, 0.25) is 5.02 Å². The van der Waals surface area contributed by atoms with Crippen LogP contribution in [0.1, 0.15) is 25.1 Å². The van der Waals surface area contributed by atoms with Crippen molar-refractivity contribution in [1.82, 2.24) is 10.1 Å². The molecule has 0 N–H and O–H groups in total. The van der Waals surface area contributed by atoms with E-state index in [2.05, 4.69) is 10.1 Å². The summed E-state index contributed by atoms with van der Waals surface area (Å²) >= 11 is 5.90. The molecule has 20 heavy (non-hydrogen) atoms. The summed E-state index contributed by atoms with van der Waals surface area (Å²) in [5.41, 5.74) is -0.0922. The number of nitro groups is 1. The molecule has 0 aliphatic heterocycles. The van der Waals surface area contributed by atoms with Gasteiger partial charge in [-0.1, -0.05) is 23.7 Å². The summed E-state index contributed by atoms with van der Waals surface area (Å²) in [5.74, 6) is 1.29. The van der Waals surface area contributed by atoms with Crippen LogP contribution in [-0.4, -0.2) is 15.1 Å². The molecule has 1 heterocycles. The van der Waals surface area contributed by atoms with Gasteiger partial charge < -0.3 is 9.26 Å². The second-order valence-corrected chi connectivity index (χ2v) is 4.42. The first-order valence-corrected chi connectivity index (χ1v) is 6.36. The van der Waals surface area contributed by atoms with Crippen LogP contribution in [0.4, 0.5) is 5.69 Å². The maximum Gasteiger partial charge on any atom is 0.271 e. The molecular formula is C12H12ClN3O4. The fraction of sp³-hybridized carbons (Fsp3) is 0.333. The largest absolute Gasteiger partial charge is 0.482 e. The fourth-order valence-electron chi connectivity index (χ4n) is 1.53. The summed E-state index contributed by atoms with van der Waals surface area (Å²) in [7, 11) is 0. The Morgan fingerprint density at radius 2 is 2.30 bits per heavy atom. The van der Waals surface area contributed by atoms with Crippen molar-refractivity contribution in [3.8, 4) is 5.75 Å². The van der Waals surface area contributed by atoms with E-state index in [9.17, 15) is 10.1 Å². The van der Waals surface area contributed by atoms with Gasteiger partial charge in [0, 0.05) is 18.6 Å². The van der Waals surface area contributed by atoms with Crippen molar-refractivity contribution in [3.63, 3.8) is 0 Å². The van der Waals surface area contributed by atoms with Gasteiger partial charge in [-0.3, -0.25) is 10.1 Å². The lowest BCUT2D eigenvalue weighted by Gasteiger charge is -2.04. The molecule has 0 saturated carbocycles. The topological polar surface area (TPSA) is 91.3 Å². The Balaban J connectivity index is 2.01. The van der Waals surface area contributed by atoms with Crippen molar-refractivity contribution in [2.45, 2.75) is 26.4 Å². The molecule has 0 aliphatic carbocycles. The van der Waals surface area contributed by atoms with Gasteiger partial charge in [0.25, 0.3) is 11.6 Å². The highest BCUT2D eigenvalue weighted by Crippen LogP contribution is 2.29. The Morgan fingerprint density at radius 1 is 1.50 bits per heavy atom. The van der Waals surface area contributed by atoms with Crippen LogP contribution < -0.4 is 4.74 Å². The van der Waals surface area contributed by atoms with Crippen LogP contribution in [0.5, 0.6) is 5.75 Å². The third-order valence-corrected chi connectivity index (χ3v) is 2.76. The number of benzene rings is 1. The number of non-ortho nitro benzene ring substituents is 1. The minimum Gasteiger partial charge on any atom is -0.482 e. The quantitative estimate of drug-likeness (QED) is 0.600. The Hall–Kier alpha value is -2.15. The van der Waals surface area contributed by atoms with Crippen molar-refractivity contribution in [2.24, 2.45) is 0 Å². The van der Waals surface area contributed by atoms with E-state index >= 15 is 0 Å². The zero-order valence-corrected chi connectivity index (χ0v) is 11.5. The molecule has 1 aromatic heterocycles. The van der Waals surface area contributed by atoms with Crippen LogP contribution in [0, 0.1) is 10.1 Å². The molecule has 0 bridgehead atoms. The first-order valence-electron chi connectivity index (χ1n) is 5.98. The Labute approximate surface area is 119 Å². The van der Waals surface area contributed by atoms with Crippen LogP contribution in [0.15, 0.2) is 22.7 Å². The van der Waals surface area contributed by atoms with Gasteiger partial charge in [-0.05, 0) is 12.5 Å². The lowest BCUT2D eigenvalue weighted by atomic mass is 10.3. The van der Waals surface area contributed by atoms with Gasteiger partial charge in [0.15, 0.2) is 12.4 Å². The number of aromatic nitrogens is 2. The number of nitrogens with zero attached hydrogens (tertiary/aromatic N) is 3. The summed E-state index contributed by atoms with van der Waals surface area (Å²) in [5, 5.41) is 14.5. The second-order valence-electron chi connectivity index (χ2n) is 4.01. The SMILES string of the molecule is CCCc1noc(COc2ccc([N+](=O)[O-])cc2Cl)n1. The van der Waals surface area contributed by atoms with E-state index in [4.69, 9.17) is 20.9 Å². The maximum atomic E-state index is 10.6. The number of hydrogen-bond acceptors (Lipinski definition) is 6. The molecule has 0 aliphatic rings. The average molecular weight is 298 g/mol. The monoisotopic (exact) mass is 297 g/mol. The van der Waals surface area contributed by atoms with Gasteiger partial charge in [0.1, 0.15) is 5.75 Å². The number of aryl methyl sites for hydroxylation is 1. The minimum atomic E-state index is -0.523. The van der Waals surface area contributed by atoms with Crippen molar-refractivity contribution in [3.05, 3.63) is 45.1 Å². The van der Waals surface area contributed by atoms with Gasteiger partial charge in [-0.2, -0.15) is 4.98 Å². The smallest absolute Gasteiger partial charge is 0.271 e. The average Bonchev–Trinajstić information content (AvgIpc) is 2.85. The normalized spacial score (nSPS) is 10.5. The van der Waals surface area contributed by atoms with E-state index < -0.39 is 4.92 Å². The summed E-state index contributed by atoms with van der Waals surface area (Å²) < 4.78 is 10.4. The van der Waals surface area contributed by atoms with E-state index in [1.54, 1.807) is 0 Å². The number of hydrogen-bond donors (Lipinski definition) is 0. The number of ether oxygens (including phenoxy) is 1. The molecule has 0 spiro atoms. The van der Waals surface area contributed by atoms with Gasteiger partial charge in [-0.25, -0.2) is 0 Å². The van der Waals surface area contributed by atoms with E-state index in [1.807, 2.05) is 6.92 Å². The standard InChI is InChI=1S/C12H12ClN3O4/c1-2-3-11-14-12(20-15-11)7-19-10-5-4-8(16(17)18)6-9(10)13/h4-6H,2-3,7H2,1H3. The van der Waals surface area contributed by atoms with Crippen LogP contribution in [0.25, 0.3) is 0 Å². The van der Waals surface area contributed by atoms with Crippen molar-refractivity contribution < 1.29 is 14.2 Å². The van der Waals surface area contributed by atoms with E-state index in [0.29, 0.717) is 17.5 Å². The second kappa shape index (κ2) is 6.33. The number of rotatable bonds is 6. The molecule has 8 heteroatoms. The molecule has 1 aromatic carbocycles. The van der Waals surface area contributed by atoms with E-state index in [-0.39, 0.29) is 17.3 Å². The number of nitro benzene ring substituents is 1. The minimum absolute atomic E-state index is 0.0637. The van der Waals surface area contributed by atoms with Crippen molar-refractivity contribution >= 4 is 17.3 Å². The molecule has 0 fully saturated rings. The first-order chi connectivity index (χ1) is 9.60. The highest BCUT2D eigenvalue weighted by Gasteiger charge is 2.12. The van der Waals surface area contributed by atoms with Crippen molar-refractivity contribution in [1.29, 1.82) is 0 Å². The molecule has 2 aromatic rings. The lowest BCUT2D eigenvalue weighted by Crippen LogP contribution is -1.97. The maximum absolute atomic E-state index is 10.6. The molecule has 106 valence electrons. The van der Waals surface area contributed by atoms with E-state index in [0.717, 1.165) is 12.8 Å². The van der Waals surface area contributed by atoms with Gasteiger partial charge in [-0.15, -0.1) is 0 Å². The molecular weight excluding hydrogens is 286 g/mol. The van der Waals surface area contributed by atoms with E-state index in [1.165, 1.54) is 18.2 Å². The molecule has 0 atom stereocenters. The van der Waals surface area contributed by atoms with Crippen LogP contribution in [0.3, 0.4) is 0 Å². The van der Waals surface area contributed by atoms with Crippen LogP contribution in [-0.2, 0) is 13.0 Å². The molecule has 0 unspecified atom stereocenters. The molecule has 0 amide bonds. The Bertz CT molecular complexity index is 614. The number of halogens is 1. The Kier molecular flexibility index (Phi) is 4.52. The summed E-state index contributed by atoms with van der Waals surface area (Å²) in [4.78, 5) is 14.2. The predicted octanol–water partition coefficient (Wildman–Crippen LogP) is 3.16. The molecule has 0 radical (unpaired) electrons. The fourth-order valence-corrected chi connectivity index (χ4v) is 1.76. The third-order valence-electron chi connectivity index (χ3n) is 2.46.